The fourth-order valence-electron chi connectivity index (χ4n) is 2.83. The number of hydrogen-bond acceptors (Lipinski definition) is 3. The molecule has 4 nitrogen and oxygen atoms in total. The second-order valence-electron chi connectivity index (χ2n) is 6.49. The van der Waals surface area contributed by atoms with E-state index in [1.165, 1.54) is 12.8 Å². The van der Waals surface area contributed by atoms with E-state index in [-0.39, 0.29) is 11.3 Å². The zero-order valence-electron chi connectivity index (χ0n) is 13.1. The van der Waals surface area contributed by atoms with Crippen LogP contribution in [-0.2, 0) is 4.79 Å². The smallest absolute Gasteiger partial charge is 0.253 e. The van der Waals surface area contributed by atoms with Crippen molar-refractivity contribution in [2.45, 2.75) is 39.2 Å². The highest BCUT2D eigenvalue weighted by atomic mass is 16.5. The van der Waals surface area contributed by atoms with Crippen molar-refractivity contribution >= 4 is 5.91 Å². The molecular weight excluding hydrogens is 266 g/mol. The Balaban J connectivity index is 1.91. The fraction of sp³-hybridized carbons (Fsp3) is 0.588. The molecule has 1 aliphatic rings. The van der Waals surface area contributed by atoms with Gasteiger partial charge in [0.2, 0.25) is 0 Å². The number of hydrogen-bond donors (Lipinski definition) is 2. The predicted octanol–water partition coefficient (Wildman–Crippen LogP) is 2.67. The number of rotatable bonds is 7. The second kappa shape index (κ2) is 6.48. The van der Waals surface area contributed by atoms with Gasteiger partial charge in [0.25, 0.3) is 5.91 Å². The molecule has 21 heavy (non-hydrogen) atoms. The molecule has 0 aromatic heterocycles. The topological polar surface area (TPSA) is 58.6 Å². The van der Waals surface area contributed by atoms with Crippen LogP contribution >= 0.6 is 0 Å². The highest BCUT2D eigenvalue weighted by Crippen LogP contribution is 2.50. The Hall–Kier alpha value is -1.55. The van der Waals surface area contributed by atoms with Gasteiger partial charge in [0.15, 0.2) is 6.10 Å². The van der Waals surface area contributed by atoms with Crippen molar-refractivity contribution in [3.8, 4) is 5.75 Å². The van der Waals surface area contributed by atoms with Crippen molar-refractivity contribution in [3.63, 3.8) is 0 Å². The van der Waals surface area contributed by atoms with Crippen LogP contribution in [0.15, 0.2) is 24.3 Å². The van der Waals surface area contributed by atoms with Gasteiger partial charge in [-0.2, -0.15) is 0 Å². The molecule has 1 unspecified atom stereocenters. The predicted molar refractivity (Wildman–Crippen MR) is 82.1 cm³/mol. The monoisotopic (exact) mass is 291 g/mol. The summed E-state index contributed by atoms with van der Waals surface area (Å²) in [5.74, 6) is 0.934. The average molecular weight is 291 g/mol. The van der Waals surface area contributed by atoms with Crippen molar-refractivity contribution in [2.24, 2.45) is 11.3 Å². The Morgan fingerprint density at radius 1 is 1.43 bits per heavy atom. The molecule has 2 N–H and O–H groups in total. The summed E-state index contributed by atoms with van der Waals surface area (Å²) >= 11 is 0. The molecule has 116 valence electrons. The van der Waals surface area contributed by atoms with Crippen LogP contribution in [0.3, 0.4) is 0 Å². The van der Waals surface area contributed by atoms with E-state index in [4.69, 9.17) is 4.74 Å². The molecule has 0 heterocycles. The minimum Gasteiger partial charge on any atom is -0.497 e. The van der Waals surface area contributed by atoms with E-state index < -0.39 is 6.10 Å². The SMILES string of the molecule is COc1cccc(C(O)C(=O)NCC2(CC(C)C)CC2)c1. The van der Waals surface area contributed by atoms with E-state index in [0.29, 0.717) is 23.8 Å². The summed E-state index contributed by atoms with van der Waals surface area (Å²) in [7, 11) is 1.56. The highest BCUT2D eigenvalue weighted by Gasteiger charge is 2.43. The van der Waals surface area contributed by atoms with Gasteiger partial charge in [-0.3, -0.25) is 4.79 Å². The van der Waals surface area contributed by atoms with Crippen LogP contribution in [-0.4, -0.2) is 24.7 Å². The van der Waals surface area contributed by atoms with Gasteiger partial charge in [-0.15, -0.1) is 0 Å². The van der Waals surface area contributed by atoms with Crippen LogP contribution in [0.4, 0.5) is 0 Å². The molecule has 1 amide bonds. The third-order valence-electron chi connectivity index (χ3n) is 4.09. The van der Waals surface area contributed by atoms with Crippen LogP contribution in [0.2, 0.25) is 0 Å². The van der Waals surface area contributed by atoms with Gasteiger partial charge in [-0.05, 0) is 48.3 Å². The van der Waals surface area contributed by atoms with Gasteiger partial charge in [-0.25, -0.2) is 0 Å². The van der Waals surface area contributed by atoms with E-state index in [1.807, 2.05) is 0 Å². The maximum atomic E-state index is 12.1. The van der Waals surface area contributed by atoms with Crippen LogP contribution in [0.1, 0.15) is 44.8 Å². The van der Waals surface area contributed by atoms with E-state index in [1.54, 1.807) is 31.4 Å². The van der Waals surface area contributed by atoms with Crippen molar-refractivity contribution in [2.75, 3.05) is 13.7 Å². The highest BCUT2D eigenvalue weighted by molar-refractivity contribution is 5.82. The summed E-state index contributed by atoms with van der Waals surface area (Å²) in [6.07, 6.45) is 2.32. The molecule has 0 bridgehead atoms. The van der Waals surface area contributed by atoms with Crippen molar-refractivity contribution in [1.82, 2.24) is 5.32 Å². The molecule has 0 saturated heterocycles. The first-order chi connectivity index (χ1) is 9.96. The van der Waals surface area contributed by atoms with Crippen LogP contribution < -0.4 is 10.1 Å². The maximum Gasteiger partial charge on any atom is 0.253 e. The Morgan fingerprint density at radius 3 is 2.71 bits per heavy atom. The Bertz CT molecular complexity index is 495. The first-order valence-electron chi connectivity index (χ1n) is 7.55. The van der Waals surface area contributed by atoms with Crippen molar-refractivity contribution in [1.29, 1.82) is 0 Å². The zero-order valence-corrected chi connectivity index (χ0v) is 13.1. The molecule has 1 fully saturated rings. The van der Waals surface area contributed by atoms with Gasteiger partial charge in [-0.1, -0.05) is 26.0 Å². The summed E-state index contributed by atoms with van der Waals surface area (Å²) in [5.41, 5.74) is 0.818. The van der Waals surface area contributed by atoms with Crippen LogP contribution in [0, 0.1) is 11.3 Å². The van der Waals surface area contributed by atoms with Gasteiger partial charge >= 0.3 is 0 Å². The number of amides is 1. The normalized spacial score (nSPS) is 17.4. The number of carbonyl (C=O) groups excluding carboxylic acids is 1. The molecule has 1 aromatic carbocycles. The number of benzene rings is 1. The van der Waals surface area contributed by atoms with Gasteiger partial charge < -0.3 is 15.2 Å². The standard InChI is InChI=1S/C17H25NO3/c1-12(2)10-17(7-8-17)11-18-16(20)15(19)13-5-4-6-14(9-13)21-3/h4-6,9,12,15,19H,7-8,10-11H2,1-3H3,(H,18,20). The summed E-state index contributed by atoms with van der Waals surface area (Å²) in [6.45, 7) is 5.06. The van der Waals surface area contributed by atoms with Gasteiger partial charge in [0.05, 0.1) is 7.11 Å². The van der Waals surface area contributed by atoms with Crippen molar-refractivity contribution in [3.05, 3.63) is 29.8 Å². The maximum absolute atomic E-state index is 12.1. The molecule has 1 saturated carbocycles. The Morgan fingerprint density at radius 2 is 2.14 bits per heavy atom. The average Bonchev–Trinajstić information content (AvgIpc) is 3.23. The lowest BCUT2D eigenvalue weighted by molar-refractivity contribution is -0.129. The summed E-state index contributed by atoms with van der Waals surface area (Å²) in [5, 5.41) is 13.0. The Kier molecular flexibility index (Phi) is 4.88. The molecule has 0 radical (unpaired) electrons. The first-order valence-corrected chi connectivity index (χ1v) is 7.55. The van der Waals surface area contributed by atoms with Crippen molar-refractivity contribution < 1.29 is 14.6 Å². The second-order valence-corrected chi connectivity index (χ2v) is 6.49. The quantitative estimate of drug-likeness (QED) is 0.812. The number of carbonyl (C=O) groups is 1. The third-order valence-corrected chi connectivity index (χ3v) is 4.09. The molecule has 4 heteroatoms. The number of aliphatic hydroxyl groups excluding tert-OH is 1. The zero-order chi connectivity index (χ0) is 15.5. The summed E-state index contributed by atoms with van der Waals surface area (Å²) < 4.78 is 5.11. The van der Waals surface area contributed by atoms with Gasteiger partial charge in [0, 0.05) is 6.54 Å². The number of ether oxygens (including phenoxy) is 1. The van der Waals surface area contributed by atoms with Gasteiger partial charge in [0.1, 0.15) is 5.75 Å². The lowest BCUT2D eigenvalue weighted by atomic mass is 9.94. The summed E-state index contributed by atoms with van der Waals surface area (Å²) in [6, 6.07) is 6.97. The lowest BCUT2D eigenvalue weighted by Crippen LogP contribution is -2.34. The first kappa shape index (κ1) is 15.8. The van der Waals surface area contributed by atoms with E-state index in [0.717, 1.165) is 6.42 Å². The molecule has 1 aromatic rings. The molecule has 2 rings (SSSR count). The van der Waals surface area contributed by atoms with E-state index in [9.17, 15) is 9.90 Å². The van der Waals surface area contributed by atoms with Crippen LogP contribution in [0.25, 0.3) is 0 Å². The number of methoxy groups -OCH3 is 1. The van der Waals surface area contributed by atoms with Crippen LogP contribution in [0.5, 0.6) is 5.75 Å². The van der Waals surface area contributed by atoms with E-state index in [2.05, 4.69) is 19.2 Å². The largest absolute Gasteiger partial charge is 0.497 e. The minimum atomic E-state index is -1.14. The fourth-order valence-corrected chi connectivity index (χ4v) is 2.83. The molecule has 1 atom stereocenters. The molecule has 1 aliphatic carbocycles. The Labute approximate surface area is 126 Å². The molecular formula is C17H25NO3. The third kappa shape index (κ3) is 4.21. The number of nitrogens with one attached hydrogen (secondary N) is 1. The molecule has 0 spiro atoms. The number of aliphatic hydroxyl groups is 1. The summed E-state index contributed by atoms with van der Waals surface area (Å²) in [4.78, 5) is 12.1. The molecule has 0 aliphatic heterocycles. The lowest BCUT2D eigenvalue weighted by Gasteiger charge is -2.19. The van der Waals surface area contributed by atoms with E-state index >= 15 is 0 Å². The minimum absolute atomic E-state index is 0.262.